The van der Waals surface area contributed by atoms with Gasteiger partial charge in [0.15, 0.2) is 11.5 Å². The third-order valence-corrected chi connectivity index (χ3v) is 4.98. The normalized spacial score (nSPS) is 16.9. The number of nitrogens with one attached hydrogen (secondary N) is 1. The van der Waals surface area contributed by atoms with Gasteiger partial charge in [-0.1, -0.05) is 12.1 Å². The van der Waals surface area contributed by atoms with Crippen LogP contribution in [0.15, 0.2) is 66.7 Å². The minimum Gasteiger partial charge on any atom is -0.454 e. The van der Waals surface area contributed by atoms with Crippen molar-refractivity contribution in [1.82, 2.24) is 0 Å². The summed E-state index contributed by atoms with van der Waals surface area (Å²) in [5.41, 5.74) is 2.59. The predicted molar refractivity (Wildman–Crippen MR) is 105 cm³/mol. The highest BCUT2D eigenvalue weighted by Gasteiger charge is 2.35. The monoisotopic (exact) mass is 389 g/mol. The molecule has 0 aliphatic carbocycles. The van der Waals surface area contributed by atoms with Crippen molar-refractivity contribution in [3.05, 3.63) is 88.0 Å². The van der Waals surface area contributed by atoms with Gasteiger partial charge in [0, 0.05) is 23.9 Å². The molecule has 8 nitrogen and oxygen atoms in total. The maximum absolute atomic E-state index is 13.4. The Labute approximate surface area is 165 Å². The highest BCUT2D eigenvalue weighted by atomic mass is 16.7. The summed E-state index contributed by atoms with van der Waals surface area (Å²) in [5.74, 6) is 1.01. The van der Waals surface area contributed by atoms with E-state index >= 15 is 0 Å². The van der Waals surface area contributed by atoms with Crippen LogP contribution in [0.1, 0.15) is 22.1 Å². The molecule has 8 heteroatoms. The highest BCUT2D eigenvalue weighted by molar-refractivity contribution is 6.12. The van der Waals surface area contributed by atoms with Crippen molar-refractivity contribution in [1.29, 1.82) is 0 Å². The zero-order chi connectivity index (χ0) is 20.0. The van der Waals surface area contributed by atoms with Gasteiger partial charge in [0.2, 0.25) is 6.79 Å². The molecule has 29 heavy (non-hydrogen) atoms. The van der Waals surface area contributed by atoms with E-state index in [4.69, 9.17) is 9.47 Å². The number of rotatable bonds is 3. The molecule has 0 unspecified atom stereocenters. The van der Waals surface area contributed by atoms with Crippen molar-refractivity contribution in [3.8, 4) is 11.5 Å². The Morgan fingerprint density at radius 1 is 1.00 bits per heavy atom. The van der Waals surface area contributed by atoms with Gasteiger partial charge in [-0.05, 0) is 42.0 Å². The lowest BCUT2D eigenvalue weighted by Crippen LogP contribution is -2.43. The van der Waals surface area contributed by atoms with E-state index in [-0.39, 0.29) is 18.4 Å². The number of nitro groups is 1. The number of nitrogens with zero attached hydrogens (tertiary/aromatic N) is 2. The quantitative estimate of drug-likeness (QED) is 0.536. The minimum atomic E-state index is -0.543. The van der Waals surface area contributed by atoms with Crippen molar-refractivity contribution in [2.45, 2.75) is 6.17 Å². The van der Waals surface area contributed by atoms with Crippen LogP contribution in [0.4, 0.5) is 17.1 Å². The lowest BCUT2D eigenvalue weighted by Gasteiger charge is -2.38. The molecule has 0 saturated heterocycles. The molecule has 1 N–H and O–H groups in total. The molecule has 2 aliphatic heterocycles. The molecule has 0 fully saturated rings. The average molecular weight is 389 g/mol. The van der Waals surface area contributed by atoms with Crippen LogP contribution in [0.25, 0.3) is 0 Å². The molecule has 2 heterocycles. The molecule has 1 amide bonds. The van der Waals surface area contributed by atoms with Gasteiger partial charge in [-0.2, -0.15) is 0 Å². The summed E-state index contributed by atoms with van der Waals surface area (Å²) < 4.78 is 10.8. The molecular weight excluding hydrogens is 374 g/mol. The molecule has 3 aromatic rings. The van der Waals surface area contributed by atoms with Gasteiger partial charge in [0.1, 0.15) is 6.17 Å². The first-order valence-corrected chi connectivity index (χ1v) is 8.95. The summed E-state index contributed by atoms with van der Waals surface area (Å²) in [6, 6.07) is 18.7. The Hall–Kier alpha value is -4.07. The van der Waals surface area contributed by atoms with Crippen LogP contribution in [0.2, 0.25) is 0 Å². The summed E-state index contributed by atoms with van der Waals surface area (Å²) in [6.07, 6.45) is -0.543. The number of nitro benzene ring substituents is 1. The minimum absolute atomic E-state index is 0.00841. The molecule has 0 saturated carbocycles. The number of non-ortho nitro benzene ring substituents is 1. The maximum Gasteiger partial charge on any atom is 0.269 e. The zero-order valence-electron chi connectivity index (χ0n) is 15.1. The van der Waals surface area contributed by atoms with Gasteiger partial charge in [-0.25, -0.2) is 0 Å². The van der Waals surface area contributed by atoms with Crippen molar-refractivity contribution in [3.63, 3.8) is 0 Å². The highest BCUT2D eigenvalue weighted by Crippen LogP contribution is 2.41. The number of anilines is 2. The van der Waals surface area contributed by atoms with Gasteiger partial charge < -0.3 is 14.8 Å². The van der Waals surface area contributed by atoms with Crippen molar-refractivity contribution in [2.75, 3.05) is 17.0 Å². The van der Waals surface area contributed by atoms with Crippen LogP contribution in [-0.2, 0) is 0 Å². The van der Waals surface area contributed by atoms with E-state index < -0.39 is 11.1 Å². The second kappa shape index (κ2) is 6.52. The number of fused-ring (bicyclic) bond motifs is 2. The molecule has 1 atom stereocenters. The average Bonchev–Trinajstić information content (AvgIpc) is 3.21. The first-order chi connectivity index (χ1) is 14.1. The Morgan fingerprint density at radius 3 is 2.55 bits per heavy atom. The van der Waals surface area contributed by atoms with E-state index in [1.165, 1.54) is 12.1 Å². The number of carbonyl (C=O) groups excluding carboxylic acids is 1. The van der Waals surface area contributed by atoms with Crippen LogP contribution in [0.3, 0.4) is 0 Å². The number of carbonyl (C=O) groups is 1. The fraction of sp³-hybridized carbons (Fsp3) is 0.0952. The standard InChI is InChI=1S/C21H15N3O5/c25-21-16-3-1-2-4-17(16)22-20(13-5-7-14(8-6-13)24(26)27)23(21)15-9-10-18-19(11-15)29-12-28-18/h1-11,20,22H,12H2/t20-/m1/s1. The van der Waals surface area contributed by atoms with E-state index in [1.807, 2.05) is 18.2 Å². The van der Waals surface area contributed by atoms with Gasteiger partial charge in [-0.15, -0.1) is 0 Å². The second-order valence-electron chi connectivity index (χ2n) is 6.65. The van der Waals surface area contributed by atoms with E-state index in [2.05, 4.69) is 5.32 Å². The first kappa shape index (κ1) is 17.1. The molecular formula is C21H15N3O5. The fourth-order valence-electron chi connectivity index (χ4n) is 3.57. The lowest BCUT2D eigenvalue weighted by atomic mass is 10.0. The van der Waals surface area contributed by atoms with Crippen LogP contribution >= 0.6 is 0 Å². The van der Waals surface area contributed by atoms with E-state index in [0.717, 1.165) is 5.56 Å². The molecule has 0 radical (unpaired) electrons. The number of hydrogen-bond donors (Lipinski definition) is 1. The smallest absolute Gasteiger partial charge is 0.269 e. The Bertz CT molecular complexity index is 1130. The maximum atomic E-state index is 13.4. The van der Waals surface area contributed by atoms with Gasteiger partial charge in [-0.3, -0.25) is 19.8 Å². The Kier molecular flexibility index (Phi) is 3.83. The Morgan fingerprint density at radius 2 is 1.76 bits per heavy atom. The molecule has 0 spiro atoms. The SMILES string of the molecule is O=C1c2ccccc2N[C@@H](c2ccc([N+](=O)[O-])cc2)N1c1ccc2c(c1)OCO2. The number of benzene rings is 3. The molecule has 2 aliphatic rings. The number of para-hydroxylation sites is 1. The third kappa shape index (κ3) is 2.82. The number of ether oxygens (including phenoxy) is 2. The van der Waals surface area contributed by atoms with Gasteiger partial charge in [0.05, 0.1) is 16.2 Å². The predicted octanol–water partition coefficient (Wildman–Crippen LogP) is 4.09. The second-order valence-corrected chi connectivity index (χ2v) is 6.65. The number of amides is 1. The Balaban J connectivity index is 1.62. The molecule has 0 bridgehead atoms. The van der Waals surface area contributed by atoms with Gasteiger partial charge >= 0.3 is 0 Å². The van der Waals surface area contributed by atoms with Crippen LogP contribution in [0.5, 0.6) is 11.5 Å². The van der Waals surface area contributed by atoms with Gasteiger partial charge in [0.25, 0.3) is 11.6 Å². The largest absolute Gasteiger partial charge is 0.454 e. The van der Waals surface area contributed by atoms with E-state index in [1.54, 1.807) is 41.3 Å². The molecule has 0 aromatic heterocycles. The van der Waals surface area contributed by atoms with Crippen LogP contribution in [0, 0.1) is 10.1 Å². The first-order valence-electron chi connectivity index (χ1n) is 8.95. The van der Waals surface area contributed by atoms with E-state index in [9.17, 15) is 14.9 Å². The van der Waals surface area contributed by atoms with Crippen molar-refractivity contribution in [2.24, 2.45) is 0 Å². The summed E-state index contributed by atoms with van der Waals surface area (Å²) >= 11 is 0. The third-order valence-electron chi connectivity index (χ3n) is 4.98. The summed E-state index contributed by atoms with van der Waals surface area (Å²) in [7, 11) is 0. The summed E-state index contributed by atoms with van der Waals surface area (Å²) in [5, 5.41) is 14.4. The lowest BCUT2D eigenvalue weighted by molar-refractivity contribution is -0.384. The van der Waals surface area contributed by atoms with Crippen molar-refractivity contribution < 1.29 is 19.2 Å². The number of hydrogen-bond acceptors (Lipinski definition) is 6. The fourth-order valence-corrected chi connectivity index (χ4v) is 3.57. The topological polar surface area (TPSA) is 93.9 Å². The van der Waals surface area contributed by atoms with Crippen molar-refractivity contribution >= 4 is 23.0 Å². The molecule has 144 valence electrons. The van der Waals surface area contributed by atoms with Crippen LogP contribution < -0.4 is 19.7 Å². The zero-order valence-corrected chi connectivity index (χ0v) is 15.1. The summed E-state index contributed by atoms with van der Waals surface area (Å²) in [6.45, 7) is 0.138. The molecule has 5 rings (SSSR count). The van der Waals surface area contributed by atoms with E-state index in [0.29, 0.717) is 28.4 Å². The van der Waals surface area contributed by atoms with Crippen LogP contribution in [-0.4, -0.2) is 17.6 Å². The summed E-state index contributed by atoms with van der Waals surface area (Å²) in [4.78, 5) is 25.5. The molecule has 3 aromatic carbocycles.